The van der Waals surface area contributed by atoms with Crippen molar-refractivity contribution in [3.05, 3.63) is 107 Å². The molecule has 2 aliphatic carbocycles. The molecule has 2 atom stereocenters. The van der Waals surface area contributed by atoms with Crippen molar-refractivity contribution in [3.8, 4) is 11.5 Å². The van der Waals surface area contributed by atoms with Crippen LogP contribution in [0.2, 0.25) is 6.25 Å². The molecule has 2 nitrogen and oxygen atoms in total. The van der Waals surface area contributed by atoms with Gasteiger partial charge in [0, 0.05) is 0 Å². The molecule has 2 aromatic carbocycles. The molecule has 0 aliphatic heterocycles. The van der Waals surface area contributed by atoms with Gasteiger partial charge in [-0.25, -0.2) is 0 Å². The molecule has 0 heterocycles. The Hall–Kier alpha value is -2.12. The quantitative estimate of drug-likeness (QED) is 0.347. The van der Waals surface area contributed by atoms with Crippen LogP contribution < -0.4 is 5.63 Å². The number of benzene rings is 2. The molecule has 2 aliphatic rings. The van der Waals surface area contributed by atoms with Gasteiger partial charge in [-0.1, -0.05) is 0 Å². The molecular formula is C30H36O2Zr. The first-order valence-electron chi connectivity index (χ1n) is 12.1. The average molecular weight is 520 g/mol. The van der Waals surface area contributed by atoms with Crippen LogP contribution >= 0.6 is 0 Å². The third-order valence-corrected chi connectivity index (χ3v) is 19.8. The van der Waals surface area contributed by atoms with Gasteiger partial charge in [0.2, 0.25) is 0 Å². The summed E-state index contributed by atoms with van der Waals surface area (Å²) >= 11 is -4.23. The van der Waals surface area contributed by atoms with E-state index < -0.39 is 21.1 Å². The first-order valence-corrected chi connectivity index (χ1v) is 16.5. The first-order chi connectivity index (χ1) is 15.8. The van der Waals surface area contributed by atoms with E-state index in [4.69, 9.17) is 5.63 Å². The van der Waals surface area contributed by atoms with E-state index in [1.165, 1.54) is 22.3 Å². The van der Waals surface area contributed by atoms with Gasteiger partial charge in [0.05, 0.1) is 0 Å². The number of hydrogen-bond donors (Lipinski definition) is 0. The summed E-state index contributed by atoms with van der Waals surface area (Å²) in [5.41, 5.74) is 5.24. The fraction of sp³-hybridized carbons (Fsp3) is 0.333. The molecule has 0 saturated heterocycles. The number of rotatable bonds is 8. The van der Waals surface area contributed by atoms with Crippen molar-refractivity contribution in [1.29, 1.82) is 0 Å². The Morgan fingerprint density at radius 3 is 1.27 bits per heavy atom. The Morgan fingerprint density at radius 2 is 1.00 bits per heavy atom. The summed E-state index contributed by atoms with van der Waals surface area (Å²) in [6.07, 6.45) is 15.5. The topological polar surface area (TPSA) is 18.5 Å². The molecule has 3 heteroatoms. The fourth-order valence-electron chi connectivity index (χ4n) is 5.02. The summed E-state index contributed by atoms with van der Waals surface area (Å²) < 4.78 is 14.0. The van der Waals surface area contributed by atoms with Gasteiger partial charge < -0.3 is 0 Å². The molecule has 0 spiro atoms. The Kier molecular flexibility index (Phi) is 6.74. The van der Waals surface area contributed by atoms with Gasteiger partial charge in [-0.2, -0.15) is 0 Å². The molecule has 2 aromatic rings. The van der Waals surface area contributed by atoms with Crippen molar-refractivity contribution in [2.45, 2.75) is 60.6 Å². The van der Waals surface area contributed by atoms with Crippen LogP contribution in [0.4, 0.5) is 0 Å². The summed E-state index contributed by atoms with van der Waals surface area (Å²) in [4.78, 5) is 0. The molecule has 0 amide bonds. The molecule has 0 N–H and O–H groups in total. The Bertz CT molecular complexity index is 1030. The normalized spacial score (nSPS) is 24.1. The van der Waals surface area contributed by atoms with Gasteiger partial charge in [0.1, 0.15) is 0 Å². The molecule has 0 bridgehead atoms. The summed E-state index contributed by atoms with van der Waals surface area (Å²) in [6, 6.07) is 17.2. The molecule has 2 unspecified atom stereocenters. The molecule has 4 rings (SSSR count). The maximum atomic E-state index is 7.28. The third kappa shape index (κ3) is 4.03. The van der Waals surface area contributed by atoms with Crippen LogP contribution in [0.1, 0.15) is 52.7 Å². The second-order valence-corrected chi connectivity index (χ2v) is 18.8. The molecule has 0 fully saturated rings. The zero-order valence-corrected chi connectivity index (χ0v) is 23.3. The van der Waals surface area contributed by atoms with Gasteiger partial charge in [-0.05, 0) is 0 Å². The van der Waals surface area contributed by atoms with E-state index in [-0.39, 0.29) is 6.25 Å². The summed E-state index contributed by atoms with van der Waals surface area (Å²) in [7, 11) is 0. The van der Waals surface area contributed by atoms with Crippen LogP contribution in [-0.4, -0.2) is 0 Å². The minimum atomic E-state index is -4.23. The van der Waals surface area contributed by atoms with Crippen molar-refractivity contribution < 1.29 is 26.8 Å². The van der Waals surface area contributed by atoms with Crippen molar-refractivity contribution >= 4 is 0 Å². The van der Waals surface area contributed by atoms with Crippen molar-refractivity contribution in [3.63, 3.8) is 0 Å². The van der Waals surface area contributed by atoms with Crippen molar-refractivity contribution in [2.75, 3.05) is 0 Å². The van der Waals surface area contributed by atoms with E-state index in [0.29, 0.717) is 0 Å². The van der Waals surface area contributed by atoms with Gasteiger partial charge in [-0.15, -0.1) is 0 Å². The van der Waals surface area contributed by atoms with Crippen molar-refractivity contribution in [2.24, 2.45) is 0 Å². The number of allylic oxidation sites excluding steroid dienone is 8. The van der Waals surface area contributed by atoms with Gasteiger partial charge in [0.15, 0.2) is 0 Å². The summed E-state index contributed by atoms with van der Waals surface area (Å²) in [6.45, 7) is 13.5. The summed E-state index contributed by atoms with van der Waals surface area (Å²) in [5.74, 6) is 1.80. The SMILES string of the molecule is CCc1ccc([O][Zr]([O]c2ccc(CC)cc2)([C]2(C)C=CC=C2C)[C]2(C)C=CC=C2C)cc1. The predicted molar refractivity (Wildman–Crippen MR) is 135 cm³/mol. The predicted octanol–water partition coefficient (Wildman–Crippen LogP) is 8.64. The van der Waals surface area contributed by atoms with Crippen LogP contribution in [0.25, 0.3) is 0 Å². The van der Waals surface area contributed by atoms with E-state index >= 15 is 0 Å². The molecule has 0 radical (unpaired) electrons. The van der Waals surface area contributed by atoms with Gasteiger partial charge >= 0.3 is 206 Å². The number of hydrogen-bond acceptors (Lipinski definition) is 2. The Morgan fingerprint density at radius 1 is 0.636 bits per heavy atom. The van der Waals surface area contributed by atoms with Gasteiger partial charge in [-0.3, -0.25) is 0 Å². The Labute approximate surface area is 205 Å². The standard InChI is InChI=1S/2C8H10O.2C7H9.Zr/c2*1-2-7-3-5-8(9)6-4-7;2*1-6-4-3-5-7(6)2;/h2*3-6,9H,2H2,1H3;2*3-5H,1-2H3;/q;;;;+2/p-2. The van der Waals surface area contributed by atoms with E-state index in [1.54, 1.807) is 0 Å². The monoisotopic (exact) mass is 518 g/mol. The van der Waals surface area contributed by atoms with Crippen LogP contribution in [0.3, 0.4) is 0 Å². The molecule has 0 saturated carbocycles. The zero-order chi connectivity index (χ0) is 23.7. The number of aryl methyl sites for hydroxylation is 2. The van der Waals surface area contributed by atoms with Gasteiger partial charge in [0.25, 0.3) is 0 Å². The van der Waals surface area contributed by atoms with Crippen LogP contribution in [0.15, 0.2) is 96.1 Å². The second kappa shape index (κ2) is 9.26. The second-order valence-electron chi connectivity index (χ2n) is 9.64. The van der Waals surface area contributed by atoms with E-state index in [0.717, 1.165) is 24.3 Å². The van der Waals surface area contributed by atoms with E-state index in [1.807, 2.05) is 0 Å². The average Bonchev–Trinajstić information content (AvgIpc) is 3.36. The van der Waals surface area contributed by atoms with Crippen LogP contribution in [0, 0.1) is 0 Å². The summed E-state index contributed by atoms with van der Waals surface area (Å²) in [5, 5.41) is 0. The molecule has 0 aromatic heterocycles. The fourth-order valence-corrected chi connectivity index (χ4v) is 16.7. The Balaban J connectivity index is 1.92. The first kappa shape index (κ1) is 24.0. The molecular weight excluding hydrogens is 484 g/mol. The maximum absolute atomic E-state index is 7.28. The molecule has 33 heavy (non-hydrogen) atoms. The zero-order valence-electron chi connectivity index (χ0n) is 20.8. The third-order valence-electron chi connectivity index (χ3n) is 7.74. The van der Waals surface area contributed by atoms with Crippen LogP contribution in [-0.2, 0) is 34.0 Å². The minimum absolute atomic E-state index is 0.278. The van der Waals surface area contributed by atoms with Crippen molar-refractivity contribution in [1.82, 2.24) is 0 Å². The van der Waals surface area contributed by atoms with E-state index in [9.17, 15) is 0 Å². The van der Waals surface area contributed by atoms with Crippen LogP contribution in [0.5, 0.6) is 11.5 Å². The van der Waals surface area contributed by atoms with E-state index in [2.05, 4.69) is 127 Å². The molecule has 172 valence electrons.